The molecule has 130 valence electrons. The minimum absolute atomic E-state index is 0.00538. The average molecular weight is 336 g/mol. The van der Waals surface area contributed by atoms with Gasteiger partial charge in [0.25, 0.3) is 0 Å². The van der Waals surface area contributed by atoms with E-state index in [1.807, 2.05) is 34.9 Å². The zero-order valence-electron chi connectivity index (χ0n) is 14.9. The molecular weight excluding hydrogens is 312 g/mol. The number of carbonyl (C=O) groups excluding carboxylic acids is 1. The Hall–Kier alpha value is -2.54. The fraction of sp³-hybridized carbons (Fsp3) is 0.429. The second-order valence-electron chi connectivity index (χ2n) is 6.59. The van der Waals surface area contributed by atoms with Crippen molar-refractivity contribution in [3.05, 3.63) is 54.1 Å². The number of esters is 1. The highest BCUT2D eigenvalue weighted by Gasteiger charge is 2.35. The number of rotatable bonds is 4. The Morgan fingerprint density at radius 3 is 2.64 bits per heavy atom. The van der Waals surface area contributed by atoms with Crippen molar-refractivity contribution in [1.29, 1.82) is 0 Å². The molecule has 1 aliphatic rings. The summed E-state index contributed by atoms with van der Waals surface area (Å²) in [7, 11) is 0. The summed E-state index contributed by atoms with van der Waals surface area (Å²) in [6, 6.07) is 10.1. The fourth-order valence-corrected chi connectivity index (χ4v) is 3.50. The molecule has 1 aromatic carbocycles. The molecule has 0 unspecified atom stereocenters. The van der Waals surface area contributed by atoms with Crippen molar-refractivity contribution in [2.45, 2.75) is 57.6 Å². The van der Waals surface area contributed by atoms with Gasteiger partial charge in [0.1, 0.15) is 5.69 Å². The molecule has 1 aromatic heterocycles. The number of benzene rings is 1. The van der Waals surface area contributed by atoms with Gasteiger partial charge in [0.2, 0.25) is 0 Å². The summed E-state index contributed by atoms with van der Waals surface area (Å²) in [5.41, 5.74) is 0.948. The number of hydrogen-bond acceptors (Lipinski definition) is 3. The lowest BCUT2D eigenvalue weighted by Crippen LogP contribution is -2.36. The molecular formula is C21H24N2O2. The topological polar surface area (TPSA) is 44.1 Å². The highest BCUT2D eigenvalue weighted by molar-refractivity contribution is 5.88. The summed E-state index contributed by atoms with van der Waals surface area (Å²) in [5, 5.41) is 0. The van der Waals surface area contributed by atoms with Gasteiger partial charge in [-0.25, -0.2) is 9.78 Å². The van der Waals surface area contributed by atoms with Crippen molar-refractivity contribution in [3.63, 3.8) is 0 Å². The van der Waals surface area contributed by atoms with Gasteiger partial charge in [0.15, 0.2) is 5.60 Å². The Bertz CT molecular complexity index is 777. The van der Waals surface area contributed by atoms with Crippen LogP contribution in [-0.4, -0.2) is 21.1 Å². The molecule has 0 saturated heterocycles. The number of imidazole rings is 1. The van der Waals surface area contributed by atoms with E-state index in [1.165, 1.54) is 6.42 Å². The van der Waals surface area contributed by atoms with Gasteiger partial charge in [-0.2, -0.15) is 0 Å². The summed E-state index contributed by atoms with van der Waals surface area (Å²) in [5.74, 6) is 5.75. The van der Waals surface area contributed by atoms with Crippen LogP contribution in [0.1, 0.15) is 68.0 Å². The summed E-state index contributed by atoms with van der Waals surface area (Å²) < 4.78 is 7.79. The van der Waals surface area contributed by atoms with Crippen molar-refractivity contribution in [3.8, 4) is 11.8 Å². The van der Waals surface area contributed by atoms with Crippen LogP contribution in [0.2, 0.25) is 0 Å². The molecule has 0 aliphatic heterocycles. The van der Waals surface area contributed by atoms with E-state index >= 15 is 0 Å². The van der Waals surface area contributed by atoms with Crippen LogP contribution in [0.4, 0.5) is 0 Å². The van der Waals surface area contributed by atoms with Crippen LogP contribution in [0.3, 0.4) is 0 Å². The quantitative estimate of drug-likeness (QED) is 0.615. The number of carbonyl (C=O) groups is 1. The largest absolute Gasteiger partial charge is 0.441 e. The van der Waals surface area contributed by atoms with Gasteiger partial charge in [0, 0.05) is 0 Å². The number of ether oxygens (including phenoxy) is 1. The van der Waals surface area contributed by atoms with Crippen LogP contribution in [0, 0.1) is 11.8 Å². The Morgan fingerprint density at radius 2 is 1.96 bits per heavy atom. The van der Waals surface area contributed by atoms with Gasteiger partial charge in [-0.3, -0.25) is 0 Å². The fourth-order valence-electron chi connectivity index (χ4n) is 3.50. The van der Waals surface area contributed by atoms with E-state index in [-0.39, 0.29) is 12.0 Å². The molecule has 1 atom stereocenters. The third kappa shape index (κ3) is 3.76. The first-order valence-corrected chi connectivity index (χ1v) is 8.89. The van der Waals surface area contributed by atoms with E-state index in [2.05, 4.69) is 23.7 Å². The molecule has 2 aromatic rings. The lowest BCUT2D eigenvalue weighted by molar-refractivity contribution is -0.00786. The summed E-state index contributed by atoms with van der Waals surface area (Å²) in [6.45, 7) is 3.85. The molecule has 3 rings (SSSR count). The van der Waals surface area contributed by atoms with Crippen LogP contribution in [0.5, 0.6) is 0 Å². The normalized spacial score (nSPS) is 17.2. The predicted octanol–water partition coefficient (Wildman–Crippen LogP) is 4.38. The maximum absolute atomic E-state index is 12.9. The van der Waals surface area contributed by atoms with Crippen molar-refractivity contribution in [1.82, 2.24) is 9.55 Å². The molecule has 4 heteroatoms. The van der Waals surface area contributed by atoms with E-state index in [1.54, 1.807) is 19.4 Å². The van der Waals surface area contributed by atoms with Gasteiger partial charge in [0.05, 0.1) is 18.6 Å². The second-order valence-corrected chi connectivity index (χ2v) is 6.59. The Morgan fingerprint density at radius 1 is 1.24 bits per heavy atom. The first kappa shape index (κ1) is 17.3. The minimum Gasteiger partial charge on any atom is -0.441 e. The molecule has 1 fully saturated rings. The zero-order valence-corrected chi connectivity index (χ0v) is 14.9. The van der Waals surface area contributed by atoms with E-state index < -0.39 is 5.60 Å². The lowest BCUT2D eigenvalue weighted by atomic mass is 9.85. The predicted molar refractivity (Wildman–Crippen MR) is 97.2 cm³/mol. The van der Waals surface area contributed by atoms with Gasteiger partial charge < -0.3 is 9.30 Å². The van der Waals surface area contributed by atoms with Gasteiger partial charge in [-0.15, -0.1) is 5.92 Å². The molecule has 0 spiro atoms. The van der Waals surface area contributed by atoms with E-state index in [9.17, 15) is 4.79 Å². The van der Waals surface area contributed by atoms with E-state index in [4.69, 9.17) is 4.74 Å². The smallest absolute Gasteiger partial charge is 0.358 e. The highest BCUT2D eigenvalue weighted by Crippen LogP contribution is 2.32. The first-order valence-electron chi connectivity index (χ1n) is 8.89. The zero-order chi connectivity index (χ0) is 17.7. The summed E-state index contributed by atoms with van der Waals surface area (Å²) >= 11 is 0. The number of hydrogen-bond donors (Lipinski definition) is 0. The molecule has 4 nitrogen and oxygen atoms in total. The minimum atomic E-state index is -0.644. The van der Waals surface area contributed by atoms with Crippen molar-refractivity contribution in [2.75, 3.05) is 0 Å². The average Bonchev–Trinajstić information content (AvgIpc) is 3.12. The highest BCUT2D eigenvalue weighted by atomic mass is 16.6. The van der Waals surface area contributed by atoms with Gasteiger partial charge in [-0.1, -0.05) is 42.7 Å². The monoisotopic (exact) mass is 336 g/mol. The maximum atomic E-state index is 12.9. The Kier molecular flexibility index (Phi) is 5.23. The molecule has 25 heavy (non-hydrogen) atoms. The Balaban J connectivity index is 1.83. The van der Waals surface area contributed by atoms with Crippen LogP contribution >= 0.6 is 0 Å². The SMILES string of the molecule is CC#CC1(OC(=O)c2cncn2[C@H](C)c2ccccc2)CCCCC1. The standard InChI is InChI=1S/C21H24N2O2/c1-3-12-21(13-8-5-9-14-21)25-20(24)19-15-22-16-23(19)17(2)18-10-6-4-7-11-18/h4,6-7,10-11,15-17H,5,8-9,13-14H2,1-2H3/t17-/m1/s1. The van der Waals surface area contributed by atoms with Crippen molar-refractivity contribution in [2.24, 2.45) is 0 Å². The van der Waals surface area contributed by atoms with Crippen LogP contribution in [-0.2, 0) is 4.74 Å². The molecule has 0 amide bonds. The van der Waals surface area contributed by atoms with Crippen molar-refractivity contribution < 1.29 is 9.53 Å². The van der Waals surface area contributed by atoms with Crippen LogP contribution < -0.4 is 0 Å². The molecule has 0 bridgehead atoms. The first-order chi connectivity index (χ1) is 12.2. The Labute approximate surface area is 149 Å². The third-order valence-corrected chi connectivity index (χ3v) is 4.88. The molecule has 1 saturated carbocycles. The number of aromatic nitrogens is 2. The number of nitrogens with zero attached hydrogens (tertiary/aromatic N) is 2. The van der Waals surface area contributed by atoms with Gasteiger partial charge in [-0.05, 0) is 45.1 Å². The van der Waals surface area contributed by atoms with Crippen molar-refractivity contribution >= 4 is 5.97 Å². The van der Waals surface area contributed by atoms with E-state index in [0.717, 1.165) is 31.2 Å². The van der Waals surface area contributed by atoms with E-state index in [0.29, 0.717) is 5.69 Å². The lowest BCUT2D eigenvalue weighted by Gasteiger charge is -2.32. The second kappa shape index (κ2) is 7.57. The molecule has 0 radical (unpaired) electrons. The molecule has 1 aliphatic carbocycles. The van der Waals surface area contributed by atoms with Gasteiger partial charge >= 0.3 is 5.97 Å². The summed E-state index contributed by atoms with van der Waals surface area (Å²) in [6.07, 6.45) is 8.14. The van der Waals surface area contributed by atoms with Crippen LogP contribution in [0.15, 0.2) is 42.9 Å². The summed E-state index contributed by atoms with van der Waals surface area (Å²) in [4.78, 5) is 17.0. The maximum Gasteiger partial charge on any atom is 0.358 e. The third-order valence-electron chi connectivity index (χ3n) is 4.88. The molecule has 0 N–H and O–H groups in total. The molecule has 1 heterocycles. The van der Waals surface area contributed by atoms with Crippen LogP contribution in [0.25, 0.3) is 0 Å².